The third-order valence-corrected chi connectivity index (χ3v) is 5.90. The summed E-state index contributed by atoms with van der Waals surface area (Å²) in [5.74, 6) is 0.0837. The normalized spacial score (nSPS) is 30.4. The van der Waals surface area contributed by atoms with E-state index >= 15 is 0 Å². The van der Waals surface area contributed by atoms with E-state index in [1.165, 1.54) is 0 Å². The SMILES string of the molecule is O=C(O)COc1cccc2c1OC1CC(O)C(/C=C/C(O)C3CCCC3)C1O2. The molecule has 5 atom stereocenters. The Morgan fingerprint density at radius 2 is 2.07 bits per heavy atom. The van der Waals surface area contributed by atoms with E-state index in [0.29, 0.717) is 29.6 Å². The van der Waals surface area contributed by atoms with E-state index in [-0.39, 0.29) is 18.1 Å². The molecule has 0 saturated heterocycles. The molecular weight excluding hydrogens is 364 g/mol. The molecule has 5 unspecified atom stereocenters. The molecule has 28 heavy (non-hydrogen) atoms. The van der Waals surface area contributed by atoms with Gasteiger partial charge in [-0.1, -0.05) is 31.1 Å². The number of carboxylic acids is 1. The van der Waals surface area contributed by atoms with Crippen LogP contribution in [0.1, 0.15) is 32.1 Å². The number of rotatable bonds is 6. The maximum atomic E-state index is 10.8. The lowest BCUT2D eigenvalue weighted by molar-refractivity contribution is -0.139. The minimum Gasteiger partial charge on any atom is -0.482 e. The molecule has 1 aromatic carbocycles. The van der Waals surface area contributed by atoms with Crippen molar-refractivity contribution in [2.75, 3.05) is 6.61 Å². The highest BCUT2D eigenvalue weighted by atomic mass is 16.6. The number of ether oxygens (including phenoxy) is 3. The Morgan fingerprint density at radius 1 is 1.29 bits per heavy atom. The van der Waals surface area contributed by atoms with Gasteiger partial charge in [-0.2, -0.15) is 0 Å². The van der Waals surface area contributed by atoms with E-state index in [1.807, 2.05) is 6.08 Å². The molecule has 0 amide bonds. The van der Waals surface area contributed by atoms with Gasteiger partial charge >= 0.3 is 5.97 Å². The predicted octanol–water partition coefficient (Wildman–Crippen LogP) is 2.15. The van der Waals surface area contributed by atoms with E-state index in [9.17, 15) is 15.0 Å². The lowest BCUT2D eigenvalue weighted by Gasteiger charge is -2.32. The molecule has 0 spiro atoms. The fraction of sp³-hybridized carbons (Fsp3) is 0.571. The van der Waals surface area contributed by atoms with Crippen LogP contribution in [0, 0.1) is 11.8 Å². The van der Waals surface area contributed by atoms with Crippen molar-refractivity contribution in [3.05, 3.63) is 30.4 Å². The van der Waals surface area contributed by atoms with Crippen molar-refractivity contribution < 1.29 is 34.3 Å². The Hall–Kier alpha value is -2.25. The van der Waals surface area contributed by atoms with Crippen molar-refractivity contribution in [3.8, 4) is 17.2 Å². The van der Waals surface area contributed by atoms with E-state index in [2.05, 4.69) is 0 Å². The highest BCUT2D eigenvalue weighted by Gasteiger charge is 2.48. The topological polar surface area (TPSA) is 105 Å². The average Bonchev–Trinajstić information content (AvgIpc) is 3.30. The minimum atomic E-state index is -1.07. The van der Waals surface area contributed by atoms with E-state index in [4.69, 9.17) is 19.3 Å². The van der Waals surface area contributed by atoms with Gasteiger partial charge in [-0.3, -0.25) is 0 Å². The molecule has 1 aliphatic heterocycles. The summed E-state index contributed by atoms with van der Waals surface area (Å²) in [6.07, 6.45) is 6.56. The first-order valence-corrected chi connectivity index (χ1v) is 9.88. The Labute approximate surface area is 163 Å². The molecule has 0 bridgehead atoms. The third kappa shape index (κ3) is 3.82. The van der Waals surface area contributed by atoms with Crippen LogP contribution in [0.4, 0.5) is 0 Å². The van der Waals surface area contributed by atoms with Crippen LogP contribution < -0.4 is 14.2 Å². The van der Waals surface area contributed by atoms with Crippen molar-refractivity contribution in [2.24, 2.45) is 11.8 Å². The lowest BCUT2D eigenvalue weighted by Crippen LogP contribution is -2.39. The van der Waals surface area contributed by atoms with Crippen LogP contribution in [0.2, 0.25) is 0 Å². The minimum absolute atomic E-state index is 0.280. The largest absolute Gasteiger partial charge is 0.482 e. The van der Waals surface area contributed by atoms with E-state index in [1.54, 1.807) is 24.3 Å². The van der Waals surface area contributed by atoms with Crippen LogP contribution in [0.25, 0.3) is 0 Å². The second-order valence-corrected chi connectivity index (χ2v) is 7.81. The van der Waals surface area contributed by atoms with Crippen molar-refractivity contribution in [3.63, 3.8) is 0 Å². The summed E-state index contributed by atoms with van der Waals surface area (Å²) in [6.45, 7) is -0.471. The Morgan fingerprint density at radius 3 is 2.82 bits per heavy atom. The number of fused-ring (bicyclic) bond motifs is 2. The highest BCUT2D eigenvalue weighted by Crippen LogP contribution is 2.46. The number of carbonyl (C=O) groups is 1. The van der Waals surface area contributed by atoms with Crippen molar-refractivity contribution in [1.82, 2.24) is 0 Å². The maximum Gasteiger partial charge on any atom is 0.341 e. The number of aliphatic hydroxyl groups is 2. The molecule has 3 N–H and O–H groups in total. The van der Waals surface area contributed by atoms with Crippen LogP contribution in [-0.4, -0.2) is 52.3 Å². The molecule has 1 aromatic rings. The molecule has 0 radical (unpaired) electrons. The van der Waals surface area contributed by atoms with Gasteiger partial charge < -0.3 is 29.5 Å². The van der Waals surface area contributed by atoms with Crippen molar-refractivity contribution >= 4 is 5.97 Å². The number of para-hydroxylation sites is 1. The number of aliphatic hydroxyl groups excluding tert-OH is 2. The fourth-order valence-electron chi connectivity index (χ4n) is 4.46. The number of benzene rings is 1. The molecule has 4 rings (SSSR count). The molecule has 2 fully saturated rings. The number of hydrogen-bond acceptors (Lipinski definition) is 6. The van der Waals surface area contributed by atoms with Gasteiger partial charge in [0.25, 0.3) is 0 Å². The van der Waals surface area contributed by atoms with Gasteiger partial charge in [0.15, 0.2) is 18.1 Å². The van der Waals surface area contributed by atoms with Gasteiger partial charge in [0.2, 0.25) is 5.75 Å². The number of aliphatic carboxylic acids is 1. The summed E-state index contributed by atoms with van der Waals surface area (Å²) in [4.78, 5) is 10.8. The monoisotopic (exact) mass is 390 g/mol. The molecule has 152 valence electrons. The highest BCUT2D eigenvalue weighted by molar-refractivity contribution is 5.68. The first-order valence-electron chi connectivity index (χ1n) is 9.88. The van der Waals surface area contributed by atoms with Crippen LogP contribution in [0.5, 0.6) is 17.2 Å². The van der Waals surface area contributed by atoms with E-state index in [0.717, 1.165) is 25.7 Å². The van der Waals surface area contributed by atoms with Crippen LogP contribution >= 0.6 is 0 Å². The van der Waals surface area contributed by atoms with E-state index < -0.39 is 24.8 Å². The maximum absolute atomic E-state index is 10.8. The quantitative estimate of drug-likeness (QED) is 0.639. The summed E-state index contributed by atoms with van der Waals surface area (Å²) in [5, 5.41) is 29.7. The first-order chi connectivity index (χ1) is 13.5. The summed E-state index contributed by atoms with van der Waals surface area (Å²) in [6, 6.07) is 5.07. The molecular formula is C21H26O7. The Balaban J connectivity index is 1.48. The Bertz CT molecular complexity index is 740. The molecule has 7 nitrogen and oxygen atoms in total. The van der Waals surface area contributed by atoms with Gasteiger partial charge in [0.05, 0.1) is 12.2 Å². The smallest absolute Gasteiger partial charge is 0.341 e. The van der Waals surface area contributed by atoms with Gasteiger partial charge in [-0.25, -0.2) is 4.79 Å². The van der Waals surface area contributed by atoms with Gasteiger partial charge in [0.1, 0.15) is 12.2 Å². The van der Waals surface area contributed by atoms with Crippen molar-refractivity contribution in [2.45, 2.75) is 56.5 Å². The predicted molar refractivity (Wildman–Crippen MR) is 99.6 cm³/mol. The molecule has 7 heteroatoms. The molecule has 0 aromatic heterocycles. The summed E-state index contributed by atoms with van der Waals surface area (Å²) < 4.78 is 17.4. The van der Waals surface area contributed by atoms with Crippen LogP contribution in [0.3, 0.4) is 0 Å². The Kier molecular flexibility index (Phi) is 5.46. The second kappa shape index (κ2) is 8.01. The molecule has 1 heterocycles. The van der Waals surface area contributed by atoms with Crippen LogP contribution in [-0.2, 0) is 4.79 Å². The first kappa shape index (κ1) is 19.1. The standard InChI is InChI=1S/C21H26O7/c22-14(12-4-1-2-5-12)9-8-13-15(23)10-18-20(13)27-17-7-3-6-16(21(17)28-18)26-11-19(24)25/h3,6-9,12-15,18,20,22-23H,1-2,4-5,10-11H2,(H,24,25)/b9-8+. The van der Waals surface area contributed by atoms with Crippen LogP contribution in [0.15, 0.2) is 30.4 Å². The summed E-state index contributed by atoms with van der Waals surface area (Å²) in [7, 11) is 0. The summed E-state index contributed by atoms with van der Waals surface area (Å²) >= 11 is 0. The zero-order valence-electron chi connectivity index (χ0n) is 15.6. The zero-order valence-corrected chi connectivity index (χ0v) is 15.6. The van der Waals surface area contributed by atoms with Gasteiger partial charge in [-0.15, -0.1) is 0 Å². The fourth-order valence-corrected chi connectivity index (χ4v) is 4.46. The second-order valence-electron chi connectivity index (χ2n) is 7.81. The lowest BCUT2D eigenvalue weighted by atomic mass is 9.96. The van der Waals surface area contributed by atoms with Gasteiger partial charge in [-0.05, 0) is 30.9 Å². The summed E-state index contributed by atoms with van der Waals surface area (Å²) in [5.41, 5.74) is 0. The molecule has 2 aliphatic carbocycles. The third-order valence-electron chi connectivity index (χ3n) is 5.90. The number of hydrogen-bond donors (Lipinski definition) is 3. The average molecular weight is 390 g/mol. The van der Waals surface area contributed by atoms with Crippen molar-refractivity contribution in [1.29, 1.82) is 0 Å². The molecule has 3 aliphatic rings. The number of carboxylic acid groups (broad SMARTS) is 1. The zero-order chi connectivity index (χ0) is 19.7. The van der Waals surface area contributed by atoms with Gasteiger partial charge in [0, 0.05) is 12.3 Å². The molecule has 2 saturated carbocycles.